The molecule has 1 aliphatic heterocycles. The molecule has 208 valence electrons. The zero-order valence-electron chi connectivity index (χ0n) is 22.4. The SMILES string of the molecule is CC(C)CNC(=O)c1ccc(-c2cc3c(cc2C(=O)Nc2ccc(C(=N)N)cc2)-c2sccc2CO3)c(C(=O)O)c1. The lowest BCUT2D eigenvalue weighted by molar-refractivity contribution is 0.0697. The number of nitrogens with two attached hydrogens (primary N) is 1. The molecule has 9 nitrogen and oxygen atoms in total. The van der Waals surface area contributed by atoms with E-state index >= 15 is 0 Å². The number of thiophene rings is 1. The van der Waals surface area contributed by atoms with E-state index in [1.807, 2.05) is 25.3 Å². The number of amidine groups is 1. The second-order valence-electron chi connectivity index (χ2n) is 10.1. The van der Waals surface area contributed by atoms with Crippen LogP contribution in [0.1, 0.15) is 56.0 Å². The van der Waals surface area contributed by atoms with Crippen LogP contribution in [-0.2, 0) is 6.61 Å². The normalized spacial score (nSPS) is 11.7. The Morgan fingerprint density at radius 2 is 1.68 bits per heavy atom. The first-order valence-electron chi connectivity index (χ1n) is 12.9. The molecule has 0 saturated carbocycles. The topological polar surface area (TPSA) is 155 Å². The van der Waals surface area contributed by atoms with E-state index in [0.717, 1.165) is 16.0 Å². The molecule has 4 aromatic rings. The summed E-state index contributed by atoms with van der Waals surface area (Å²) >= 11 is 1.54. The Bertz CT molecular complexity index is 1690. The van der Waals surface area contributed by atoms with Gasteiger partial charge in [-0.2, -0.15) is 0 Å². The summed E-state index contributed by atoms with van der Waals surface area (Å²) in [7, 11) is 0. The maximum absolute atomic E-state index is 13.7. The van der Waals surface area contributed by atoms with E-state index in [4.69, 9.17) is 15.9 Å². The molecule has 0 saturated heterocycles. The number of hydrogen-bond donors (Lipinski definition) is 5. The van der Waals surface area contributed by atoms with E-state index < -0.39 is 11.9 Å². The van der Waals surface area contributed by atoms with Gasteiger partial charge in [-0.25, -0.2) is 4.79 Å². The molecule has 41 heavy (non-hydrogen) atoms. The van der Waals surface area contributed by atoms with Crippen molar-refractivity contribution in [2.45, 2.75) is 20.5 Å². The molecule has 0 bridgehead atoms. The molecule has 2 heterocycles. The minimum atomic E-state index is -1.23. The van der Waals surface area contributed by atoms with E-state index in [1.54, 1.807) is 48.5 Å². The molecule has 0 aliphatic carbocycles. The van der Waals surface area contributed by atoms with Gasteiger partial charge >= 0.3 is 5.97 Å². The molecular formula is C31H28N4O5S. The van der Waals surface area contributed by atoms with Crippen LogP contribution in [0.4, 0.5) is 5.69 Å². The van der Waals surface area contributed by atoms with Gasteiger partial charge in [0.05, 0.1) is 5.56 Å². The molecule has 10 heteroatoms. The van der Waals surface area contributed by atoms with Crippen molar-refractivity contribution < 1.29 is 24.2 Å². The van der Waals surface area contributed by atoms with Gasteiger partial charge in [-0.3, -0.25) is 15.0 Å². The average molecular weight is 569 g/mol. The molecular weight excluding hydrogens is 540 g/mol. The molecule has 1 aromatic heterocycles. The zero-order valence-corrected chi connectivity index (χ0v) is 23.2. The third kappa shape index (κ3) is 5.68. The first kappa shape index (κ1) is 27.6. The number of nitrogen functional groups attached to an aromatic ring is 1. The van der Waals surface area contributed by atoms with Gasteiger partial charge in [-0.1, -0.05) is 19.9 Å². The number of fused-ring (bicyclic) bond motifs is 3. The number of aromatic carboxylic acids is 1. The van der Waals surface area contributed by atoms with Gasteiger partial charge in [0.15, 0.2) is 0 Å². The van der Waals surface area contributed by atoms with Gasteiger partial charge in [-0.05, 0) is 77.0 Å². The van der Waals surface area contributed by atoms with Crippen molar-refractivity contribution in [2.75, 3.05) is 11.9 Å². The minimum Gasteiger partial charge on any atom is -0.488 e. The van der Waals surface area contributed by atoms with Crippen molar-refractivity contribution in [3.05, 3.63) is 93.9 Å². The first-order valence-corrected chi connectivity index (χ1v) is 13.8. The first-order chi connectivity index (χ1) is 19.6. The quantitative estimate of drug-likeness (QED) is 0.138. The third-order valence-electron chi connectivity index (χ3n) is 6.67. The Balaban J connectivity index is 1.61. The second kappa shape index (κ2) is 11.3. The molecule has 6 N–H and O–H groups in total. The summed E-state index contributed by atoms with van der Waals surface area (Å²) in [6, 6.07) is 16.3. The fourth-order valence-electron chi connectivity index (χ4n) is 4.56. The van der Waals surface area contributed by atoms with Crippen LogP contribution in [0.2, 0.25) is 0 Å². The Labute approximate surface area is 240 Å². The van der Waals surface area contributed by atoms with Crippen LogP contribution < -0.4 is 21.1 Å². The Hall–Kier alpha value is -4.96. The molecule has 0 fully saturated rings. The van der Waals surface area contributed by atoms with Gasteiger partial charge in [0, 0.05) is 44.9 Å². The summed E-state index contributed by atoms with van der Waals surface area (Å²) < 4.78 is 6.01. The number of benzene rings is 3. The van der Waals surface area contributed by atoms with Crippen LogP contribution in [0.15, 0.2) is 66.0 Å². The number of carboxylic acids is 1. The number of carbonyl (C=O) groups is 3. The molecule has 0 spiro atoms. The predicted molar refractivity (Wildman–Crippen MR) is 159 cm³/mol. The van der Waals surface area contributed by atoms with E-state index in [9.17, 15) is 19.5 Å². The number of rotatable bonds is 8. The van der Waals surface area contributed by atoms with Gasteiger partial charge in [-0.15, -0.1) is 11.3 Å². The highest BCUT2D eigenvalue weighted by Gasteiger charge is 2.26. The van der Waals surface area contributed by atoms with Crippen LogP contribution in [0.5, 0.6) is 5.75 Å². The smallest absolute Gasteiger partial charge is 0.336 e. The number of carbonyl (C=O) groups excluding carboxylic acids is 2. The molecule has 0 radical (unpaired) electrons. The number of ether oxygens (including phenoxy) is 1. The molecule has 0 unspecified atom stereocenters. The third-order valence-corrected chi connectivity index (χ3v) is 7.66. The Morgan fingerprint density at radius 3 is 2.37 bits per heavy atom. The Kier molecular flexibility index (Phi) is 7.58. The molecule has 3 aromatic carbocycles. The summed E-state index contributed by atoms with van der Waals surface area (Å²) in [5, 5.41) is 25.3. The number of nitrogens with one attached hydrogen (secondary N) is 3. The summed E-state index contributed by atoms with van der Waals surface area (Å²) in [5.74, 6) is -1.39. The minimum absolute atomic E-state index is 0.0888. The van der Waals surface area contributed by atoms with Crippen molar-refractivity contribution in [3.63, 3.8) is 0 Å². The lowest BCUT2D eigenvalue weighted by atomic mass is 9.90. The molecule has 2 amide bonds. The number of carboxylic acid groups (broad SMARTS) is 1. The summed E-state index contributed by atoms with van der Waals surface area (Å²) in [6.45, 7) is 4.74. The highest BCUT2D eigenvalue weighted by atomic mass is 32.1. The van der Waals surface area contributed by atoms with Crippen molar-refractivity contribution in [1.82, 2.24) is 5.32 Å². The lowest BCUT2D eigenvalue weighted by Crippen LogP contribution is -2.27. The van der Waals surface area contributed by atoms with Crippen LogP contribution in [0, 0.1) is 11.3 Å². The van der Waals surface area contributed by atoms with Crippen LogP contribution in [0.25, 0.3) is 21.6 Å². The largest absolute Gasteiger partial charge is 0.488 e. The molecule has 5 rings (SSSR count). The van der Waals surface area contributed by atoms with E-state index in [0.29, 0.717) is 35.7 Å². The van der Waals surface area contributed by atoms with Crippen LogP contribution in [-0.4, -0.2) is 35.3 Å². The van der Waals surface area contributed by atoms with Gasteiger partial charge in [0.25, 0.3) is 11.8 Å². The highest BCUT2D eigenvalue weighted by Crippen LogP contribution is 2.45. The summed E-state index contributed by atoms with van der Waals surface area (Å²) in [5.41, 5.74) is 9.25. The van der Waals surface area contributed by atoms with E-state index in [1.165, 1.54) is 17.4 Å². The molecule has 1 aliphatic rings. The maximum atomic E-state index is 13.7. The lowest BCUT2D eigenvalue weighted by Gasteiger charge is -2.22. The summed E-state index contributed by atoms with van der Waals surface area (Å²) in [4.78, 5) is 39.8. The van der Waals surface area contributed by atoms with E-state index in [-0.39, 0.29) is 39.9 Å². The Morgan fingerprint density at radius 1 is 0.951 bits per heavy atom. The highest BCUT2D eigenvalue weighted by molar-refractivity contribution is 7.13. The second-order valence-corrected chi connectivity index (χ2v) is 11.0. The van der Waals surface area contributed by atoms with Gasteiger partial charge < -0.3 is 26.2 Å². The zero-order chi connectivity index (χ0) is 29.3. The van der Waals surface area contributed by atoms with Crippen molar-refractivity contribution in [2.24, 2.45) is 11.7 Å². The van der Waals surface area contributed by atoms with Crippen molar-refractivity contribution >= 4 is 40.6 Å². The number of hydrogen-bond acceptors (Lipinski definition) is 6. The predicted octanol–water partition coefficient (Wildman–Crippen LogP) is 5.59. The van der Waals surface area contributed by atoms with Crippen molar-refractivity contribution in [1.29, 1.82) is 5.41 Å². The fourth-order valence-corrected chi connectivity index (χ4v) is 5.49. The summed E-state index contributed by atoms with van der Waals surface area (Å²) in [6.07, 6.45) is 0. The number of amides is 2. The average Bonchev–Trinajstić information content (AvgIpc) is 3.44. The van der Waals surface area contributed by atoms with Crippen LogP contribution >= 0.6 is 11.3 Å². The van der Waals surface area contributed by atoms with Crippen molar-refractivity contribution in [3.8, 4) is 27.3 Å². The maximum Gasteiger partial charge on any atom is 0.336 e. The van der Waals surface area contributed by atoms with Crippen LogP contribution in [0.3, 0.4) is 0 Å². The fraction of sp³-hybridized carbons (Fsp3) is 0.161. The van der Waals surface area contributed by atoms with Gasteiger partial charge in [0.1, 0.15) is 18.2 Å². The monoisotopic (exact) mass is 568 g/mol. The van der Waals surface area contributed by atoms with E-state index in [2.05, 4.69) is 10.6 Å². The number of anilines is 1. The standard InChI is InChI=1S/C31H28N4O5S/c1-16(2)14-34-29(36)18-5-8-21(24(11-18)31(38)39)22-13-26-25(27-19(15-40-26)9-10-41-27)12-23(22)30(37)35-20-6-3-17(4-7-20)28(32)33/h3-13,16H,14-15H2,1-2H3,(H3,32,33)(H,34,36)(H,35,37)(H,38,39). The molecule has 0 atom stereocenters. The van der Waals surface area contributed by atoms with Gasteiger partial charge in [0.2, 0.25) is 0 Å².